The molecule has 1 amide bonds. The maximum absolute atomic E-state index is 11.2. The van der Waals surface area contributed by atoms with E-state index in [1.165, 1.54) is 0 Å². The number of carbonyl (C=O) groups is 1. The Morgan fingerprint density at radius 2 is 2.35 bits per heavy atom. The van der Waals surface area contributed by atoms with E-state index in [0.29, 0.717) is 11.5 Å². The number of thiophene rings is 1. The molecule has 5 N–H and O–H groups in total. The number of aromatic nitrogens is 1. The van der Waals surface area contributed by atoms with Crippen molar-refractivity contribution in [3.05, 3.63) is 26.4 Å². The number of anilines is 2. The summed E-state index contributed by atoms with van der Waals surface area (Å²) in [7, 11) is 0. The number of hydrogen-bond donors (Lipinski definition) is 3. The van der Waals surface area contributed by atoms with E-state index in [0.717, 1.165) is 20.9 Å². The van der Waals surface area contributed by atoms with Crippen molar-refractivity contribution < 1.29 is 4.79 Å². The Balaban J connectivity index is 2.15. The number of nitrogen functional groups attached to an aromatic ring is 1. The van der Waals surface area contributed by atoms with Crippen LogP contribution in [-0.2, 0) is 6.54 Å². The first-order valence-corrected chi connectivity index (χ1v) is 7.05. The lowest BCUT2D eigenvalue weighted by Gasteiger charge is -2.03. The summed E-state index contributed by atoms with van der Waals surface area (Å²) in [6, 6.07) is 1.97. The van der Waals surface area contributed by atoms with Gasteiger partial charge in [-0.05, 0) is 38.9 Å². The van der Waals surface area contributed by atoms with E-state index in [2.05, 4.69) is 25.6 Å². The highest BCUT2D eigenvalue weighted by Gasteiger charge is 2.16. The third-order valence-corrected chi connectivity index (χ3v) is 4.81. The van der Waals surface area contributed by atoms with E-state index in [9.17, 15) is 4.79 Å². The van der Waals surface area contributed by atoms with Crippen molar-refractivity contribution in [2.24, 2.45) is 5.73 Å². The zero-order valence-electron chi connectivity index (χ0n) is 8.57. The Morgan fingerprint density at radius 1 is 1.59 bits per heavy atom. The number of rotatable bonds is 4. The molecule has 0 bridgehead atoms. The summed E-state index contributed by atoms with van der Waals surface area (Å²) in [5, 5.41) is 5.70. The second-order valence-electron chi connectivity index (χ2n) is 3.18. The molecule has 0 aliphatic carbocycles. The van der Waals surface area contributed by atoms with Gasteiger partial charge in [0.05, 0.1) is 6.54 Å². The maximum atomic E-state index is 11.2. The summed E-state index contributed by atoms with van der Waals surface area (Å²) in [5.41, 5.74) is 11.1. The lowest BCUT2D eigenvalue weighted by molar-refractivity contribution is 0.100. The molecule has 2 heterocycles. The molecule has 0 atom stereocenters. The number of hydrogen-bond acceptors (Lipinski definition) is 6. The van der Waals surface area contributed by atoms with Crippen LogP contribution in [-0.4, -0.2) is 10.3 Å². The van der Waals surface area contributed by atoms with Crippen molar-refractivity contribution >= 4 is 55.5 Å². The molecule has 0 saturated heterocycles. The van der Waals surface area contributed by atoms with Crippen LogP contribution in [0.15, 0.2) is 15.9 Å². The minimum Gasteiger partial charge on any atom is -0.382 e. The van der Waals surface area contributed by atoms with E-state index in [1.807, 2.05) is 11.4 Å². The van der Waals surface area contributed by atoms with E-state index in [1.54, 1.807) is 11.3 Å². The minimum absolute atomic E-state index is 0.176. The van der Waals surface area contributed by atoms with Gasteiger partial charge in [-0.3, -0.25) is 4.79 Å². The van der Waals surface area contributed by atoms with Crippen LogP contribution in [0.1, 0.15) is 15.2 Å². The van der Waals surface area contributed by atoms with Crippen molar-refractivity contribution in [1.29, 1.82) is 0 Å². The summed E-state index contributed by atoms with van der Waals surface area (Å²) in [6.45, 7) is 0.597. The third-order valence-electron chi connectivity index (χ3n) is 2.07. The van der Waals surface area contributed by atoms with Crippen LogP contribution in [0.4, 0.5) is 10.8 Å². The molecule has 0 aliphatic rings. The van der Waals surface area contributed by atoms with Crippen LogP contribution in [0.25, 0.3) is 0 Å². The van der Waals surface area contributed by atoms with Gasteiger partial charge >= 0.3 is 0 Å². The number of primary amides is 1. The number of amides is 1. The summed E-state index contributed by atoms with van der Waals surface area (Å²) in [4.78, 5) is 12.3. The Labute approximate surface area is 114 Å². The average molecular weight is 333 g/mol. The minimum atomic E-state index is -0.566. The van der Waals surface area contributed by atoms with Crippen LogP contribution >= 0.6 is 38.8 Å². The number of carbonyl (C=O) groups excluding carboxylic acids is 1. The molecule has 0 aliphatic heterocycles. The van der Waals surface area contributed by atoms with Gasteiger partial charge in [0.2, 0.25) is 0 Å². The van der Waals surface area contributed by atoms with Crippen LogP contribution in [0.3, 0.4) is 0 Å². The largest absolute Gasteiger partial charge is 0.382 e. The third kappa shape index (κ3) is 2.59. The molecule has 2 rings (SSSR count). The molecule has 2 aromatic rings. The van der Waals surface area contributed by atoms with Crippen LogP contribution in [0.2, 0.25) is 0 Å². The van der Waals surface area contributed by atoms with Gasteiger partial charge in [0, 0.05) is 9.35 Å². The first kappa shape index (κ1) is 12.3. The summed E-state index contributed by atoms with van der Waals surface area (Å²) >= 11 is 6.19. The zero-order chi connectivity index (χ0) is 12.4. The smallest absolute Gasteiger partial charge is 0.255 e. The highest BCUT2D eigenvalue weighted by Crippen LogP contribution is 2.29. The number of nitrogens with zero attached hydrogens (tertiary/aromatic N) is 1. The first-order chi connectivity index (χ1) is 8.09. The van der Waals surface area contributed by atoms with Crippen molar-refractivity contribution in [2.45, 2.75) is 6.54 Å². The van der Waals surface area contributed by atoms with Gasteiger partial charge in [-0.2, -0.15) is 4.37 Å². The molecule has 2 aromatic heterocycles. The number of nitrogens with one attached hydrogen (secondary N) is 1. The van der Waals surface area contributed by atoms with Crippen LogP contribution in [0.5, 0.6) is 0 Å². The normalized spacial score (nSPS) is 10.4. The van der Waals surface area contributed by atoms with Gasteiger partial charge in [-0.1, -0.05) is 0 Å². The fourth-order valence-corrected chi connectivity index (χ4v) is 3.42. The Bertz CT molecular complexity index is 551. The molecule has 0 aromatic carbocycles. The highest BCUT2D eigenvalue weighted by molar-refractivity contribution is 9.10. The van der Waals surface area contributed by atoms with Gasteiger partial charge in [0.1, 0.15) is 10.6 Å². The number of halogens is 1. The lowest BCUT2D eigenvalue weighted by atomic mass is 10.3. The summed E-state index contributed by atoms with van der Waals surface area (Å²) in [6.07, 6.45) is 0. The van der Waals surface area contributed by atoms with Crippen LogP contribution < -0.4 is 16.8 Å². The van der Waals surface area contributed by atoms with E-state index < -0.39 is 5.91 Å². The topological polar surface area (TPSA) is 94.0 Å². The van der Waals surface area contributed by atoms with E-state index in [-0.39, 0.29) is 11.4 Å². The Hall–Kier alpha value is -1.12. The maximum Gasteiger partial charge on any atom is 0.255 e. The second-order valence-corrected chi connectivity index (χ2v) is 5.81. The van der Waals surface area contributed by atoms with E-state index in [4.69, 9.17) is 11.5 Å². The highest BCUT2D eigenvalue weighted by atomic mass is 79.9. The molecule has 17 heavy (non-hydrogen) atoms. The summed E-state index contributed by atoms with van der Waals surface area (Å²) in [5.74, 6) is -0.390. The Kier molecular flexibility index (Phi) is 3.65. The zero-order valence-corrected chi connectivity index (χ0v) is 11.8. The fourth-order valence-electron chi connectivity index (χ4n) is 1.27. The molecular weight excluding hydrogens is 324 g/mol. The lowest BCUT2D eigenvalue weighted by Crippen LogP contribution is -2.14. The van der Waals surface area contributed by atoms with Gasteiger partial charge in [-0.25, -0.2) is 0 Å². The standard InChI is InChI=1S/C9H9BrN4OS2/c10-4-1-2-16-5(4)3-13-9-6(8(12)15)7(11)14-17-9/h1-2,13H,3H2,(H2,11,14)(H2,12,15). The van der Waals surface area contributed by atoms with Crippen LogP contribution in [0, 0.1) is 0 Å². The second kappa shape index (κ2) is 5.03. The monoisotopic (exact) mass is 332 g/mol. The molecule has 5 nitrogen and oxygen atoms in total. The molecular formula is C9H9BrN4OS2. The summed E-state index contributed by atoms with van der Waals surface area (Å²) < 4.78 is 4.94. The van der Waals surface area contributed by atoms with Gasteiger partial charge in [0.25, 0.3) is 5.91 Å². The average Bonchev–Trinajstić information content (AvgIpc) is 2.82. The predicted octanol–water partition coefficient (Wildman–Crippen LogP) is 2.26. The molecule has 0 saturated carbocycles. The van der Waals surface area contributed by atoms with Gasteiger partial charge in [0.15, 0.2) is 5.82 Å². The fraction of sp³-hybridized carbons (Fsp3) is 0.111. The molecule has 0 fully saturated rings. The number of nitrogens with two attached hydrogens (primary N) is 2. The first-order valence-electron chi connectivity index (χ1n) is 4.60. The van der Waals surface area contributed by atoms with Crippen molar-refractivity contribution in [1.82, 2.24) is 4.37 Å². The van der Waals surface area contributed by atoms with Crippen molar-refractivity contribution in [2.75, 3.05) is 11.1 Å². The quantitative estimate of drug-likeness (QED) is 0.800. The van der Waals surface area contributed by atoms with Gasteiger partial charge < -0.3 is 16.8 Å². The Morgan fingerprint density at radius 3 is 2.94 bits per heavy atom. The molecule has 0 spiro atoms. The van der Waals surface area contributed by atoms with Crippen molar-refractivity contribution in [3.8, 4) is 0 Å². The molecule has 90 valence electrons. The SMILES string of the molecule is NC(=O)c1c(N)nsc1NCc1sccc1Br. The van der Waals surface area contributed by atoms with Crippen molar-refractivity contribution in [3.63, 3.8) is 0 Å². The van der Waals surface area contributed by atoms with Gasteiger partial charge in [-0.15, -0.1) is 11.3 Å². The molecule has 8 heteroatoms. The predicted molar refractivity (Wildman–Crippen MR) is 74.4 cm³/mol. The molecule has 0 unspecified atom stereocenters. The molecule has 0 radical (unpaired) electrons. The van der Waals surface area contributed by atoms with E-state index >= 15 is 0 Å².